The molecule has 3 saturated heterocycles. The monoisotopic (exact) mass is 673 g/mol. The molecule has 3 fully saturated rings. The average Bonchev–Trinajstić information content (AvgIpc) is 3.64. The van der Waals surface area contributed by atoms with E-state index in [0.717, 1.165) is 22.3 Å². The molecule has 0 radical (unpaired) electrons. The lowest BCUT2D eigenvalue weighted by atomic mass is 10.0. The minimum absolute atomic E-state index is 0.0896. The number of amides is 4. The number of rotatable bonds is 10. The zero-order chi connectivity index (χ0) is 34.0. The molecule has 0 aliphatic carbocycles. The standard InChI is InChI=1S/C38H35N5O5S/c1-26-24-42(39-23-28-16-8-3-9-17-28)37(47)43(26)38(36(46)48-33(29-18-10-4-11-19-29)30-20-12-5-13-21-30)25-41-34(45)32(35(41)49-38)40-31(44)22-27-14-6-2-7-15-27/h2-21,23,26,32-33,35H,22,24-25H2,1H3,(H,40,44)/b39-23+/t26-,32+,35-,38+/m0/s1. The van der Waals surface area contributed by atoms with Crippen LogP contribution in [0.5, 0.6) is 0 Å². The molecule has 4 atom stereocenters. The van der Waals surface area contributed by atoms with Gasteiger partial charge in [0.1, 0.15) is 11.4 Å². The molecule has 4 aromatic carbocycles. The second kappa shape index (κ2) is 13.6. The maximum Gasteiger partial charge on any atom is 0.345 e. The SMILES string of the molecule is C[C@H]1CN(/N=C/c2ccccc2)C(=O)N1[C@]1(C(=O)OC(c2ccccc2)c2ccccc2)CN2C(=O)[C@@H](NC(=O)Cc3ccccc3)[C@@H]2S1. The molecule has 3 heterocycles. The highest BCUT2D eigenvalue weighted by Gasteiger charge is 2.68. The molecule has 4 aromatic rings. The van der Waals surface area contributed by atoms with Crippen LogP contribution in [0.15, 0.2) is 126 Å². The maximum atomic E-state index is 14.8. The van der Waals surface area contributed by atoms with Crippen LogP contribution >= 0.6 is 11.8 Å². The van der Waals surface area contributed by atoms with E-state index >= 15 is 0 Å². The van der Waals surface area contributed by atoms with Gasteiger partial charge < -0.3 is 15.0 Å². The Labute approximate surface area is 288 Å². The molecule has 0 spiro atoms. The first-order valence-corrected chi connectivity index (χ1v) is 17.0. The summed E-state index contributed by atoms with van der Waals surface area (Å²) in [6.45, 7) is 2.00. The number of nitrogens with one attached hydrogen (secondary N) is 1. The van der Waals surface area contributed by atoms with Gasteiger partial charge in [-0.15, -0.1) is 0 Å². The van der Waals surface area contributed by atoms with Gasteiger partial charge in [0.15, 0.2) is 6.10 Å². The molecule has 3 aliphatic heterocycles. The van der Waals surface area contributed by atoms with Crippen molar-refractivity contribution in [3.05, 3.63) is 144 Å². The predicted molar refractivity (Wildman–Crippen MR) is 186 cm³/mol. The van der Waals surface area contributed by atoms with E-state index in [2.05, 4.69) is 10.4 Å². The van der Waals surface area contributed by atoms with E-state index in [9.17, 15) is 19.2 Å². The average molecular weight is 674 g/mol. The summed E-state index contributed by atoms with van der Waals surface area (Å²) in [6.07, 6.45) is 0.954. The van der Waals surface area contributed by atoms with E-state index in [1.807, 2.05) is 128 Å². The third-order valence-corrected chi connectivity index (χ3v) is 10.6. The number of nitrogens with zero attached hydrogens (tertiary/aromatic N) is 4. The minimum Gasteiger partial charge on any atom is -0.450 e. The van der Waals surface area contributed by atoms with Crippen molar-refractivity contribution in [2.45, 2.75) is 41.8 Å². The molecule has 4 amide bonds. The number of ether oxygens (including phenoxy) is 1. The summed E-state index contributed by atoms with van der Waals surface area (Å²) >= 11 is 1.17. The van der Waals surface area contributed by atoms with Crippen LogP contribution in [0.1, 0.15) is 35.3 Å². The van der Waals surface area contributed by atoms with Crippen molar-refractivity contribution < 1.29 is 23.9 Å². The minimum atomic E-state index is -1.60. The number of urea groups is 1. The van der Waals surface area contributed by atoms with Crippen LogP contribution in [-0.2, 0) is 25.5 Å². The van der Waals surface area contributed by atoms with E-state index in [-0.39, 0.29) is 31.3 Å². The number of hydrazone groups is 1. The summed E-state index contributed by atoms with van der Waals surface area (Å²) in [4.78, 5) is 56.9. The highest BCUT2D eigenvalue weighted by Crippen LogP contribution is 2.51. The second-order valence-electron chi connectivity index (χ2n) is 12.3. The van der Waals surface area contributed by atoms with Crippen LogP contribution in [0.25, 0.3) is 0 Å². The molecule has 10 nitrogen and oxygen atoms in total. The molecule has 0 bridgehead atoms. The Kier molecular flexibility index (Phi) is 8.92. The molecular weight excluding hydrogens is 639 g/mol. The first-order valence-electron chi connectivity index (χ1n) is 16.2. The maximum absolute atomic E-state index is 14.8. The second-order valence-corrected chi connectivity index (χ2v) is 13.7. The van der Waals surface area contributed by atoms with E-state index in [1.54, 1.807) is 11.1 Å². The van der Waals surface area contributed by atoms with Gasteiger partial charge in [0, 0.05) is 0 Å². The molecular formula is C38H35N5O5S. The van der Waals surface area contributed by atoms with E-state index in [1.165, 1.54) is 21.7 Å². The summed E-state index contributed by atoms with van der Waals surface area (Å²) in [5.41, 5.74) is 3.17. The largest absolute Gasteiger partial charge is 0.450 e. The summed E-state index contributed by atoms with van der Waals surface area (Å²) < 4.78 is 6.40. The van der Waals surface area contributed by atoms with Crippen LogP contribution in [0.2, 0.25) is 0 Å². The predicted octanol–water partition coefficient (Wildman–Crippen LogP) is 4.82. The quantitative estimate of drug-likeness (QED) is 0.147. The van der Waals surface area contributed by atoms with E-state index in [0.29, 0.717) is 0 Å². The normalized spacial score (nSPS) is 23.1. The Morgan fingerprint density at radius 3 is 2.08 bits per heavy atom. The number of esters is 1. The van der Waals surface area contributed by atoms with Gasteiger partial charge in [-0.3, -0.25) is 14.5 Å². The van der Waals surface area contributed by atoms with Gasteiger partial charge in [-0.25, -0.2) is 14.6 Å². The van der Waals surface area contributed by atoms with Crippen LogP contribution in [0.4, 0.5) is 4.79 Å². The lowest BCUT2D eigenvalue weighted by Gasteiger charge is -2.41. The molecule has 0 saturated carbocycles. The van der Waals surface area contributed by atoms with Crippen LogP contribution in [-0.4, -0.2) is 80.3 Å². The zero-order valence-electron chi connectivity index (χ0n) is 26.8. The molecule has 11 heteroatoms. The van der Waals surface area contributed by atoms with Gasteiger partial charge in [-0.2, -0.15) is 5.10 Å². The Morgan fingerprint density at radius 1 is 0.898 bits per heavy atom. The number of carbonyl (C=O) groups excluding carboxylic acids is 4. The Hall–Kier alpha value is -5.42. The fourth-order valence-electron chi connectivity index (χ4n) is 6.56. The fourth-order valence-corrected chi connectivity index (χ4v) is 8.32. The van der Waals surface area contributed by atoms with Crippen molar-refractivity contribution in [2.24, 2.45) is 5.10 Å². The molecule has 248 valence electrons. The topological polar surface area (TPSA) is 112 Å². The van der Waals surface area contributed by atoms with E-state index < -0.39 is 40.4 Å². The van der Waals surface area contributed by atoms with E-state index in [4.69, 9.17) is 4.74 Å². The molecule has 0 unspecified atom stereocenters. The number of thioether (sulfide) groups is 1. The molecule has 1 N–H and O–H groups in total. The van der Waals surface area contributed by atoms with Gasteiger partial charge in [-0.1, -0.05) is 133 Å². The lowest BCUT2D eigenvalue weighted by molar-refractivity contribution is -0.158. The van der Waals surface area contributed by atoms with Gasteiger partial charge in [0.2, 0.25) is 16.7 Å². The fraction of sp³-hybridized carbons (Fsp3) is 0.237. The highest BCUT2D eigenvalue weighted by molar-refractivity contribution is 8.02. The van der Waals surface area contributed by atoms with Crippen molar-refractivity contribution in [1.82, 2.24) is 20.1 Å². The Bertz CT molecular complexity index is 1820. The Morgan fingerprint density at radius 2 is 1.47 bits per heavy atom. The van der Waals surface area contributed by atoms with Gasteiger partial charge >= 0.3 is 12.0 Å². The zero-order valence-corrected chi connectivity index (χ0v) is 27.6. The van der Waals surface area contributed by atoms with Crippen LogP contribution in [0, 0.1) is 0 Å². The summed E-state index contributed by atoms with van der Waals surface area (Å²) in [6, 6.07) is 35.8. The number of hydrogen-bond donors (Lipinski definition) is 1. The third kappa shape index (κ3) is 6.29. The van der Waals surface area contributed by atoms with Crippen molar-refractivity contribution in [2.75, 3.05) is 13.1 Å². The van der Waals surface area contributed by atoms with Crippen molar-refractivity contribution >= 4 is 41.8 Å². The van der Waals surface area contributed by atoms with Gasteiger partial charge in [0.05, 0.1) is 31.8 Å². The number of carbonyl (C=O) groups is 4. The molecule has 0 aromatic heterocycles. The number of hydrogen-bond acceptors (Lipinski definition) is 7. The first-order chi connectivity index (χ1) is 23.8. The molecule has 49 heavy (non-hydrogen) atoms. The number of fused-ring (bicyclic) bond motifs is 1. The smallest absolute Gasteiger partial charge is 0.345 e. The van der Waals surface area contributed by atoms with Crippen LogP contribution < -0.4 is 5.32 Å². The van der Waals surface area contributed by atoms with Crippen LogP contribution in [0.3, 0.4) is 0 Å². The number of β-lactam (4-membered cyclic amide) rings is 1. The lowest BCUT2D eigenvalue weighted by Crippen LogP contribution is -2.67. The Balaban J connectivity index is 1.20. The highest BCUT2D eigenvalue weighted by atomic mass is 32.2. The molecule has 7 rings (SSSR count). The summed E-state index contributed by atoms with van der Waals surface area (Å²) in [7, 11) is 0. The third-order valence-electron chi connectivity index (χ3n) is 8.95. The summed E-state index contributed by atoms with van der Waals surface area (Å²) in [5, 5.41) is 8.12. The number of benzene rings is 4. The summed E-state index contributed by atoms with van der Waals surface area (Å²) in [5.74, 6) is -1.26. The van der Waals surface area contributed by atoms with Gasteiger partial charge in [0.25, 0.3) is 0 Å². The van der Waals surface area contributed by atoms with Crippen molar-refractivity contribution in [1.29, 1.82) is 0 Å². The van der Waals surface area contributed by atoms with Gasteiger partial charge in [-0.05, 0) is 29.2 Å². The van der Waals surface area contributed by atoms with Crippen molar-refractivity contribution in [3.8, 4) is 0 Å². The molecule has 3 aliphatic rings. The first kappa shape index (κ1) is 32.1. The van der Waals surface area contributed by atoms with Crippen molar-refractivity contribution in [3.63, 3.8) is 0 Å².